The number of amidine groups is 1. The van der Waals surface area contributed by atoms with Crippen LogP contribution < -0.4 is 5.73 Å². The van der Waals surface area contributed by atoms with E-state index in [1.165, 1.54) is 32.2 Å². The third kappa shape index (κ3) is 3.21. The summed E-state index contributed by atoms with van der Waals surface area (Å²) in [5.74, 6) is 3.28. The normalized spacial score (nSPS) is 31.6. The summed E-state index contributed by atoms with van der Waals surface area (Å²) in [6.45, 7) is 6.70. The maximum absolute atomic E-state index is 7.35. The largest absolute Gasteiger partial charge is 0.388 e. The number of nitrogens with one attached hydrogen (secondary N) is 1. The first kappa shape index (κ1) is 12.9. The number of hydrogen-bond acceptors (Lipinski definition) is 2. The van der Waals surface area contributed by atoms with Crippen molar-refractivity contribution in [2.75, 3.05) is 13.1 Å². The summed E-state index contributed by atoms with van der Waals surface area (Å²) in [4.78, 5) is 2.52. The molecule has 3 unspecified atom stereocenters. The van der Waals surface area contributed by atoms with E-state index < -0.39 is 0 Å². The van der Waals surface area contributed by atoms with E-state index in [2.05, 4.69) is 18.7 Å². The van der Waals surface area contributed by atoms with Gasteiger partial charge in [-0.15, -0.1) is 0 Å². The second-order valence-electron chi connectivity index (χ2n) is 6.30. The second kappa shape index (κ2) is 5.38. The molecule has 2 aliphatic carbocycles. The summed E-state index contributed by atoms with van der Waals surface area (Å²) in [5, 5.41) is 7.35. The Morgan fingerprint density at radius 1 is 1.35 bits per heavy atom. The van der Waals surface area contributed by atoms with E-state index in [4.69, 9.17) is 11.1 Å². The van der Waals surface area contributed by atoms with Gasteiger partial charge in [0.25, 0.3) is 0 Å². The van der Waals surface area contributed by atoms with Gasteiger partial charge in [0, 0.05) is 25.6 Å². The molecule has 3 N–H and O–H groups in total. The molecular weight excluding hydrogens is 210 g/mol. The molecule has 3 nitrogen and oxygen atoms in total. The first-order chi connectivity index (χ1) is 8.06. The maximum atomic E-state index is 7.35. The molecule has 0 spiro atoms. The van der Waals surface area contributed by atoms with Crippen LogP contribution in [0, 0.1) is 23.2 Å². The lowest BCUT2D eigenvalue weighted by molar-refractivity contribution is 0.161. The Hall–Kier alpha value is -0.570. The zero-order valence-corrected chi connectivity index (χ0v) is 11.3. The summed E-state index contributed by atoms with van der Waals surface area (Å²) >= 11 is 0. The van der Waals surface area contributed by atoms with Gasteiger partial charge in [0.1, 0.15) is 0 Å². The average Bonchev–Trinajstić information content (AvgIpc) is 2.84. The highest BCUT2D eigenvalue weighted by atomic mass is 15.1. The van der Waals surface area contributed by atoms with Crippen LogP contribution in [0.3, 0.4) is 0 Å². The highest BCUT2D eigenvalue weighted by Gasteiger charge is 2.40. The van der Waals surface area contributed by atoms with Crippen LogP contribution in [0.5, 0.6) is 0 Å². The van der Waals surface area contributed by atoms with Gasteiger partial charge in [0.05, 0.1) is 5.84 Å². The standard InChI is InChI=1S/C14H27N3/c1-10(2)17(6-5-14(15)16)9-13-8-11-3-4-12(13)7-11/h10-13H,3-9H2,1-2H3,(H3,15,16). The quantitative estimate of drug-likeness (QED) is 0.551. The van der Waals surface area contributed by atoms with Crippen molar-refractivity contribution in [3.05, 3.63) is 0 Å². The molecule has 0 aromatic rings. The Bertz CT molecular complexity index is 275. The maximum Gasteiger partial charge on any atom is 0.0918 e. The molecule has 17 heavy (non-hydrogen) atoms. The predicted octanol–water partition coefficient (Wildman–Crippen LogP) is 2.46. The van der Waals surface area contributed by atoms with Crippen molar-refractivity contribution in [2.24, 2.45) is 23.5 Å². The van der Waals surface area contributed by atoms with E-state index in [1.54, 1.807) is 0 Å². The first-order valence-electron chi connectivity index (χ1n) is 7.13. The van der Waals surface area contributed by atoms with Crippen LogP contribution in [-0.4, -0.2) is 29.9 Å². The monoisotopic (exact) mass is 237 g/mol. The van der Waals surface area contributed by atoms with Gasteiger partial charge in [-0.3, -0.25) is 5.41 Å². The molecular formula is C14H27N3. The van der Waals surface area contributed by atoms with Gasteiger partial charge in [-0.2, -0.15) is 0 Å². The second-order valence-corrected chi connectivity index (χ2v) is 6.30. The Balaban J connectivity index is 1.83. The lowest BCUT2D eigenvalue weighted by Crippen LogP contribution is -2.38. The molecule has 0 heterocycles. The van der Waals surface area contributed by atoms with Gasteiger partial charge in [0.2, 0.25) is 0 Å². The van der Waals surface area contributed by atoms with Gasteiger partial charge in [-0.1, -0.05) is 6.42 Å². The first-order valence-corrected chi connectivity index (χ1v) is 7.13. The van der Waals surface area contributed by atoms with E-state index >= 15 is 0 Å². The third-order valence-corrected chi connectivity index (χ3v) is 4.75. The SMILES string of the molecule is CC(C)N(CCC(=N)N)CC1CC2CCC1C2. The van der Waals surface area contributed by atoms with E-state index in [9.17, 15) is 0 Å². The van der Waals surface area contributed by atoms with Crippen LogP contribution in [0.2, 0.25) is 0 Å². The minimum atomic E-state index is 0.323. The number of rotatable bonds is 6. The number of fused-ring (bicyclic) bond motifs is 2. The van der Waals surface area contributed by atoms with Crippen LogP contribution >= 0.6 is 0 Å². The fourth-order valence-electron chi connectivity index (χ4n) is 3.73. The molecule has 0 saturated heterocycles. The van der Waals surface area contributed by atoms with Crippen molar-refractivity contribution in [3.8, 4) is 0 Å². The van der Waals surface area contributed by atoms with Gasteiger partial charge in [-0.25, -0.2) is 0 Å². The van der Waals surface area contributed by atoms with Crippen LogP contribution in [0.1, 0.15) is 46.0 Å². The van der Waals surface area contributed by atoms with Crippen LogP contribution in [-0.2, 0) is 0 Å². The number of nitrogens with zero attached hydrogens (tertiary/aromatic N) is 1. The van der Waals surface area contributed by atoms with Gasteiger partial charge in [-0.05, 0) is 50.9 Å². The molecule has 2 rings (SSSR count). The molecule has 0 aromatic carbocycles. The fraction of sp³-hybridized carbons (Fsp3) is 0.929. The summed E-state index contributed by atoms with van der Waals surface area (Å²) < 4.78 is 0. The molecule has 2 aliphatic rings. The molecule has 2 fully saturated rings. The topological polar surface area (TPSA) is 53.1 Å². The summed E-state index contributed by atoms with van der Waals surface area (Å²) in [6, 6.07) is 0.577. The predicted molar refractivity (Wildman–Crippen MR) is 72.2 cm³/mol. The van der Waals surface area contributed by atoms with E-state index in [0.29, 0.717) is 11.9 Å². The highest BCUT2D eigenvalue weighted by molar-refractivity contribution is 5.76. The lowest BCUT2D eigenvalue weighted by atomic mass is 9.88. The molecule has 2 saturated carbocycles. The molecule has 0 radical (unpaired) electrons. The molecule has 3 atom stereocenters. The molecule has 0 aliphatic heterocycles. The minimum absolute atomic E-state index is 0.323. The van der Waals surface area contributed by atoms with Crippen LogP contribution in [0.4, 0.5) is 0 Å². The lowest BCUT2D eigenvalue weighted by Gasteiger charge is -2.32. The van der Waals surface area contributed by atoms with Crippen molar-refractivity contribution in [1.82, 2.24) is 4.90 Å². The third-order valence-electron chi connectivity index (χ3n) is 4.75. The molecule has 98 valence electrons. The van der Waals surface area contributed by atoms with E-state index in [-0.39, 0.29) is 0 Å². The smallest absolute Gasteiger partial charge is 0.0918 e. The van der Waals surface area contributed by atoms with E-state index in [0.717, 1.165) is 30.7 Å². The Morgan fingerprint density at radius 3 is 2.59 bits per heavy atom. The number of hydrogen-bond donors (Lipinski definition) is 2. The molecule has 3 heteroatoms. The average molecular weight is 237 g/mol. The molecule has 2 bridgehead atoms. The highest BCUT2D eigenvalue weighted by Crippen LogP contribution is 2.48. The Labute approximate surface area is 105 Å². The van der Waals surface area contributed by atoms with Crippen molar-refractivity contribution in [1.29, 1.82) is 5.41 Å². The van der Waals surface area contributed by atoms with Crippen molar-refractivity contribution >= 4 is 5.84 Å². The van der Waals surface area contributed by atoms with Gasteiger partial charge >= 0.3 is 0 Å². The summed E-state index contributed by atoms with van der Waals surface area (Å²) in [7, 11) is 0. The molecule has 0 aromatic heterocycles. The Morgan fingerprint density at radius 2 is 2.12 bits per heavy atom. The fourth-order valence-corrected chi connectivity index (χ4v) is 3.73. The van der Waals surface area contributed by atoms with Crippen molar-refractivity contribution < 1.29 is 0 Å². The van der Waals surface area contributed by atoms with Gasteiger partial charge < -0.3 is 10.6 Å². The van der Waals surface area contributed by atoms with Crippen LogP contribution in [0.15, 0.2) is 0 Å². The van der Waals surface area contributed by atoms with Gasteiger partial charge in [0.15, 0.2) is 0 Å². The van der Waals surface area contributed by atoms with Crippen molar-refractivity contribution in [2.45, 2.75) is 52.0 Å². The number of nitrogens with two attached hydrogens (primary N) is 1. The van der Waals surface area contributed by atoms with Crippen molar-refractivity contribution in [3.63, 3.8) is 0 Å². The molecule has 0 amide bonds. The van der Waals surface area contributed by atoms with Crippen LogP contribution in [0.25, 0.3) is 0 Å². The summed E-state index contributed by atoms with van der Waals surface area (Å²) in [6.07, 6.45) is 6.61. The van der Waals surface area contributed by atoms with E-state index in [1.807, 2.05) is 0 Å². The summed E-state index contributed by atoms with van der Waals surface area (Å²) in [5.41, 5.74) is 5.47. The Kier molecular flexibility index (Phi) is 4.08. The zero-order valence-electron chi connectivity index (χ0n) is 11.3. The minimum Gasteiger partial charge on any atom is -0.388 e. The zero-order chi connectivity index (χ0) is 12.4.